The molecule has 4 rings (SSSR count). The number of carbonyl (C=O) groups excluding carboxylic acids is 1. The number of carbonyl (C=O) groups is 1. The van der Waals surface area contributed by atoms with Gasteiger partial charge in [-0.2, -0.15) is 0 Å². The van der Waals surface area contributed by atoms with Crippen molar-refractivity contribution in [3.63, 3.8) is 0 Å². The minimum atomic E-state index is -0.398. The molecular formula is C20H18N4O2S. The maximum absolute atomic E-state index is 12.0. The standard InChI is InChI=1S/C20H18N4O2S/c1-11-17(18(24-20(26)22-11)13-5-3-7-15(25)9-13)19-23-16(10-27-19)12-4-2-6-14(21)8-12/h2-10,18,25H,21H2,1H3,(H2,22,24,26). The number of phenols is 1. The highest BCUT2D eigenvalue weighted by Gasteiger charge is 2.29. The first kappa shape index (κ1) is 17.1. The summed E-state index contributed by atoms with van der Waals surface area (Å²) in [6.45, 7) is 1.85. The van der Waals surface area contributed by atoms with Gasteiger partial charge in [-0.1, -0.05) is 24.3 Å². The van der Waals surface area contributed by atoms with Crippen molar-refractivity contribution in [1.29, 1.82) is 0 Å². The number of hydrogen-bond acceptors (Lipinski definition) is 5. The van der Waals surface area contributed by atoms with Crippen LogP contribution in [0.25, 0.3) is 16.8 Å². The number of aromatic hydroxyl groups is 1. The third-order valence-electron chi connectivity index (χ3n) is 4.39. The van der Waals surface area contributed by atoms with Gasteiger partial charge >= 0.3 is 6.03 Å². The molecule has 1 aliphatic heterocycles. The number of benzene rings is 2. The number of nitrogens with two attached hydrogens (primary N) is 1. The smallest absolute Gasteiger partial charge is 0.319 e. The van der Waals surface area contributed by atoms with E-state index in [2.05, 4.69) is 10.6 Å². The van der Waals surface area contributed by atoms with Gasteiger partial charge in [0.1, 0.15) is 10.8 Å². The molecule has 27 heavy (non-hydrogen) atoms. The molecule has 2 heterocycles. The fourth-order valence-electron chi connectivity index (χ4n) is 3.16. The van der Waals surface area contributed by atoms with E-state index >= 15 is 0 Å². The molecule has 2 amide bonds. The van der Waals surface area contributed by atoms with Crippen LogP contribution in [0.2, 0.25) is 0 Å². The summed E-state index contributed by atoms with van der Waals surface area (Å²) >= 11 is 1.50. The zero-order valence-electron chi connectivity index (χ0n) is 14.6. The lowest BCUT2D eigenvalue weighted by Crippen LogP contribution is -2.42. The summed E-state index contributed by atoms with van der Waals surface area (Å²) in [6, 6.07) is 13.8. The molecule has 2 aromatic carbocycles. The maximum Gasteiger partial charge on any atom is 0.319 e. The lowest BCUT2D eigenvalue weighted by Gasteiger charge is -2.28. The molecule has 0 radical (unpaired) electrons. The average molecular weight is 378 g/mol. The van der Waals surface area contributed by atoms with Crippen molar-refractivity contribution in [2.24, 2.45) is 0 Å². The number of rotatable bonds is 3. The van der Waals surface area contributed by atoms with Gasteiger partial charge in [0.2, 0.25) is 0 Å². The zero-order valence-corrected chi connectivity index (χ0v) is 15.4. The number of allylic oxidation sites excluding steroid dienone is 1. The Labute approximate surface area is 160 Å². The van der Waals surface area contributed by atoms with E-state index < -0.39 is 6.04 Å². The van der Waals surface area contributed by atoms with Gasteiger partial charge in [0.15, 0.2) is 0 Å². The van der Waals surface area contributed by atoms with Crippen LogP contribution in [0.3, 0.4) is 0 Å². The van der Waals surface area contributed by atoms with Crippen LogP contribution in [0.15, 0.2) is 59.6 Å². The molecule has 1 atom stereocenters. The number of amides is 2. The van der Waals surface area contributed by atoms with Crippen molar-refractivity contribution in [1.82, 2.24) is 15.6 Å². The van der Waals surface area contributed by atoms with E-state index in [1.807, 2.05) is 42.6 Å². The molecule has 0 saturated carbocycles. The minimum absolute atomic E-state index is 0.150. The topological polar surface area (TPSA) is 100 Å². The lowest BCUT2D eigenvalue weighted by atomic mass is 9.96. The van der Waals surface area contributed by atoms with Gasteiger partial charge in [-0.25, -0.2) is 9.78 Å². The third-order valence-corrected chi connectivity index (χ3v) is 5.27. The first-order valence-electron chi connectivity index (χ1n) is 8.40. The van der Waals surface area contributed by atoms with Crippen molar-refractivity contribution in [3.8, 4) is 17.0 Å². The highest BCUT2D eigenvalue weighted by molar-refractivity contribution is 7.11. The van der Waals surface area contributed by atoms with Crippen molar-refractivity contribution in [3.05, 3.63) is 70.2 Å². The van der Waals surface area contributed by atoms with E-state index in [1.54, 1.807) is 18.2 Å². The number of urea groups is 1. The molecule has 0 spiro atoms. The molecule has 0 saturated heterocycles. The molecule has 5 N–H and O–H groups in total. The van der Waals surface area contributed by atoms with E-state index in [4.69, 9.17) is 10.7 Å². The van der Waals surface area contributed by atoms with Crippen LogP contribution in [-0.4, -0.2) is 16.1 Å². The van der Waals surface area contributed by atoms with Crippen LogP contribution in [0.4, 0.5) is 10.5 Å². The van der Waals surface area contributed by atoms with Crippen molar-refractivity contribution in [2.75, 3.05) is 5.73 Å². The van der Waals surface area contributed by atoms with Crippen molar-refractivity contribution >= 4 is 28.6 Å². The van der Waals surface area contributed by atoms with E-state index in [9.17, 15) is 9.90 Å². The van der Waals surface area contributed by atoms with Crippen LogP contribution < -0.4 is 16.4 Å². The number of nitrogens with one attached hydrogen (secondary N) is 2. The van der Waals surface area contributed by atoms with Gasteiger partial charge in [-0.05, 0) is 36.8 Å². The number of aromatic nitrogens is 1. The van der Waals surface area contributed by atoms with Gasteiger partial charge in [-0.3, -0.25) is 0 Å². The minimum Gasteiger partial charge on any atom is -0.508 e. The van der Waals surface area contributed by atoms with E-state index in [-0.39, 0.29) is 11.8 Å². The molecule has 1 unspecified atom stereocenters. The van der Waals surface area contributed by atoms with Gasteiger partial charge in [0.05, 0.1) is 11.7 Å². The number of thiazole rings is 1. The summed E-state index contributed by atoms with van der Waals surface area (Å²) < 4.78 is 0. The number of hydrogen-bond donors (Lipinski definition) is 4. The first-order chi connectivity index (χ1) is 13.0. The Bertz CT molecular complexity index is 1060. The molecule has 0 fully saturated rings. The number of nitrogens with zero attached hydrogens (tertiary/aromatic N) is 1. The van der Waals surface area contributed by atoms with Gasteiger partial charge < -0.3 is 21.5 Å². The summed E-state index contributed by atoms with van der Waals surface area (Å²) in [5, 5.41) is 18.4. The molecule has 0 aliphatic carbocycles. The molecule has 136 valence electrons. The van der Waals surface area contributed by atoms with Crippen LogP contribution in [0, 0.1) is 0 Å². The summed E-state index contributed by atoms with van der Waals surface area (Å²) in [7, 11) is 0. The monoisotopic (exact) mass is 378 g/mol. The molecular weight excluding hydrogens is 360 g/mol. The van der Waals surface area contributed by atoms with Crippen LogP contribution in [0.5, 0.6) is 5.75 Å². The predicted octanol–water partition coefficient (Wildman–Crippen LogP) is 3.88. The quantitative estimate of drug-likeness (QED) is 0.520. The second-order valence-corrected chi connectivity index (χ2v) is 7.19. The Kier molecular flexibility index (Phi) is 4.29. The Balaban J connectivity index is 1.78. The van der Waals surface area contributed by atoms with E-state index in [0.717, 1.165) is 33.1 Å². The highest BCUT2D eigenvalue weighted by Crippen LogP contribution is 2.38. The Morgan fingerprint density at radius 3 is 2.78 bits per heavy atom. The second-order valence-electron chi connectivity index (χ2n) is 6.33. The lowest BCUT2D eigenvalue weighted by molar-refractivity contribution is 0.240. The Hall–Kier alpha value is -3.32. The number of anilines is 1. The fraction of sp³-hybridized carbons (Fsp3) is 0.100. The van der Waals surface area contributed by atoms with Crippen molar-refractivity contribution in [2.45, 2.75) is 13.0 Å². The number of phenolic OH excluding ortho intramolecular Hbond substituents is 1. The molecule has 6 nitrogen and oxygen atoms in total. The highest BCUT2D eigenvalue weighted by atomic mass is 32.1. The van der Waals surface area contributed by atoms with Crippen LogP contribution in [-0.2, 0) is 0 Å². The zero-order chi connectivity index (χ0) is 19.0. The predicted molar refractivity (Wildman–Crippen MR) is 107 cm³/mol. The summed E-state index contributed by atoms with van der Waals surface area (Å²) in [4.78, 5) is 16.8. The summed E-state index contributed by atoms with van der Waals surface area (Å²) in [6.07, 6.45) is 0. The summed E-state index contributed by atoms with van der Waals surface area (Å²) in [5.41, 5.74) is 10.7. The normalized spacial score (nSPS) is 16.8. The Morgan fingerprint density at radius 1 is 1.19 bits per heavy atom. The van der Waals surface area contributed by atoms with Crippen LogP contribution >= 0.6 is 11.3 Å². The maximum atomic E-state index is 12.0. The molecule has 0 bridgehead atoms. The molecule has 7 heteroatoms. The third kappa shape index (κ3) is 3.37. The Morgan fingerprint density at radius 2 is 2.00 bits per heavy atom. The average Bonchev–Trinajstić information content (AvgIpc) is 3.10. The molecule has 1 aliphatic rings. The fourth-order valence-corrected chi connectivity index (χ4v) is 4.12. The molecule has 3 aromatic rings. The first-order valence-corrected chi connectivity index (χ1v) is 9.28. The SMILES string of the molecule is CC1=C(c2nc(-c3cccc(N)c3)cs2)C(c2cccc(O)c2)NC(=O)N1. The van der Waals surface area contributed by atoms with Crippen LogP contribution in [0.1, 0.15) is 23.5 Å². The largest absolute Gasteiger partial charge is 0.508 e. The van der Waals surface area contributed by atoms with Gasteiger partial charge in [0, 0.05) is 27.9 Å². The van der Waals surface area contributed by atoms with E-state index in [1.165, 1.54) is 11.3 Å². The summed E-state index contributed by atoms with van der Waals surface area (Å²) in [5.74, 6) is 0.150. The van der Waals surface area contributed by atoms with Gasteiger partial charge in [0.25, 0.3) is 0 Å². The molecule has 1 aromatic heterocycles. The second kappa shape index (κ2) is 6.77. The number of nitrogen functional groups attached to an aromatic ring is 1. The van der Waals surface area contributed by atoms with E-state index in [0.29, 0.717) is 5.69 Å². The van der Waals surface area contributed by atoms with Gasteiger partial charge in [-0.15, -0.1) is 11.3 Å². The van der Waals surface area contributed by atoms with Crippen molar-refractivity contribution < 1.29 is 9.90 Å².